The molecule has 2 saturated heterocycles. The van der Waals surface area contributed by atoms with Crippen LogP contribution >= 0.6 is 0 Å². The molecule has 5 aliphatic heterocycles. The first-order valence-electron chi connectivity index (χ1n) is 15.3. The molecule has 1 N–H and O–H groups in total. The quantitative estimate of drug-likeness (QED) is 0.507. The van der Waals surface area contributed by atoms with Crippen molar-refractivity contribution in [2.75, 3.05) is 6.61 Å². The predicted octanol–water partition coefficient (Wildman–Crippen LogP) is 4.97. The maximum atomic E-state index is 10.6. The molecule has 0 aromatic heterocycles. The third-order valence-corrected chi connectivity index (χ3v) is 9.13. The van der Waals surface area contributed by atoms with Gasteiger partial charge in [-0.1, -0.05) is 85.0 Å². The minimum absolute atomic E-state index is 0.120. The van der Waals surface area contributed by atoms with Crippen molar-refractivity contribution >= 4 is 10.8 Å². The van der Waals surface area contributed by atoms with Crippen LogP contribution in [0.3, 0.4) is 0 Å². The number of aliphatic hydroxyl groups excluding tert-OH is 1. The van der Waals surface area contributed by atoms with E-state index in [-0.39, 0.29) is 61.0 Å². The van der Waals surface area contributed by atoms with E-state index in [0.717, 1.165) is 12.0 Å². The summed E-state index contributed by atoms with van der Waals surface area (Å²) in [4.78, 5) is 0. The van der Waals surface area contributed by atoms with E-state index in [0.29, 0.717) is 32.5 Å². The fraction of sp³-hybridized carbons (Fsp3) is 0.486. The van der Waals surface area contributed by atoms with Crippen LogP contribution in [0.25, 0.3) is 10.8 Å². The van der Waals surface area contributed by atoms with Crippen LogP contribution < -0.4 is 0 Å². The number of fused-ring (bicyclic) bond motifs is 5. The van der Waals surface area contributed by atoms with Gasteiger partial charge in [-0.05, 0) is 35.6 Å². The molecule has 2 aromatic carbocycles. The van der Waals surface area contributed by atoms with Gasteiger partial charge in [0.25, 0.3) is 0 Å². The molecule has 0 aliphatic carbocycles. The lowest BCUT2D eigenvalue weighted by Crippen LogP contribution is -2.64. The SMILES string of the molecule is C=CC[C@H]1O[C@H]2C=C[C@H]3O[C@H]4[C@H](OCc5cccc6ccccc56)[C@H]5OCC=CC[C@@H]5O[C@@H]4C[C@@H]3O[C@@H]2C/C=C\[C@@H]1O. The summed E-state index contributed by atoms with van der Waals surface area (Å²) in [5, 5.41) is 12.9. The van der Waals surface area contributed by atoms with Gasteiger partial charge in [0, 0.05) is 6.42 Å². The van der Waals surface area contributed by atoms with Crippen molar-refractivity contribution in [3.63, 3.8) is 0 Å². The number of aliphatic hydroxyl groups is 1. The molecule has 0 unspecified atom stereocenters. The molecule has 222 valence electrons. The fourth-order valence-corrected chi connectivity index (χ4v) is 7.01. The molecule has 7 rings (SSSR count). The summed E-state index contributed by atoms with van der Waals surface area (Å²) >= 11 is 0. The van der Waals surface area contributed by atoms with Crippen LogP contribution in [0.5, 0.6) is 0 Å². The number of hydrogen-bond donors (Lipinski definition) is 1. The highest BCUT2D eigenvalue weighted by Gasteiger charge is 2.53. The Hall–Kier alpha value is -2.62. The summed E-state index contributed by atoms with van der Waals surface area (Å²) in [7, 11) is 0. The first-order chi connectivity index (χ1) is 20.7. The van der Waals surface area contributed by atoms with Gasteiger partial charge in [0.1, 0.15) is 30.5 Å². The molecule has 5 aliphatic rings. The van der Waals surface area contributed by atoms with Gasteiger partial charge < -0.3 is 33.5 Å². The third kappa shape index (κ3) is 5.67. The summed E-state index contributed by atoms with van der Waals surface area (Å²) in [6, 6.07) is 14.7. The second kappa shape index (κ2) is 12.5. The van der Waals surface area contributed by atoms with Crippen LogP contribution in [0.2, 0.25) is 0 Å². The highest BCUT2D eigenvalue weighted by Crippen LogP contribution is 2.40. The zero-order valence-corrected chi connectivity index (χ0v) is 23.8. The molecule has 2 fully saturated rings. The average molecular weight is 573 g/mol. The maximum Gasteiger partial charge on any atom is 0.115 e. The maximum absolute atomic E-state index is 10.6. The summed E-state index contributed by atoms with van der Waals surface area (Å²) in [5.41, 5.74) is 1.14. The molecule has 0 spiro atoms. The highest BCUT2D eigenvalue weighted by molar-refractivity contribution is 5.85. The van der Waals surface area contributed by atoms with Crippen molar-refractivity contribution in [3.8, 4) is 0 Å². The predicted molar refractivity (Wildman–Crippen MR) is 159 cm³/mol. The first kappa shape index (κ1) is 28.2. The number of hydrogen-bond acceptors (Lipinski definition) is 7. The van der Waals surface area contributed by atoms with Crippen LogP contribution in [0, 0.1) is 0 Å². The van der Waals surface area contributed by atoms with Crippen molar-refractivity contribution < 1.29 is 33.5 Å². The Morgan fingerprint density at radius 3 is 2.52 bits per heavy atom. The average Bonchev–Trinajstić information content (AvgIpc) is 3.33. The summed E-state index contributed by atoms with van der Waals surface area (Å²) in [6.07, 6.45) is 13.4. The lowest BCUT2D eigenvalue weighted by atomic mass is 9.87. The lowest BCUT2D eigenvalue weighted by molar-refractivity contribution is -0.295. The van der Waals surface area contributed by atoms with Gasteiger partial charge in [-0.3, -0.25) is 0 Å². The van der Waals surface area contributed by atoms with Gasteiger partial charge in [0.05, 0.1) is 49.8 Å². The molecule has 7 nitrogen and oxygen atoms in total. The smallest absolute Gasteiger partial charge is 0.115 e. The molecule has 0 amide bonds. The Bertz CT molecular complexity index is 1330. The second-order valence-electron chi connectivity index (χ2n) is 11.8. The Kier molecular flexibility index (Phi) is 8.41. The van der Waals surface area contributed by atoms with Crippen molar-refractivity contribution in [1.29, 1.82) is 0 Å². The lowest BCUT2D eigenvalue weighted by Gasteiger charge is -2.50. The van der Waals surface area contributed by atoms with Crippen LogP contribution in [-0.4, -0.2) is 78.9 Å². The number of ether oxygens (including phenoxy) is 6. The molecule has 11 atom stereocenters. The minimum atomic E-state index is -0.684. The van der Waals surface area contributed by atoms with Gasteiger partial charge in [0.2, 0.25) is 0 Å². The molecule has 0 bridgehead atoms. The Morgan fingerprint density at radius 2 is 1.62 bits per heavy atom. The fourth-order valence-electron chi connectivity index (χ4n) is 7.01. The van der Waals surface area contributed by atoms with Crippen molar-refractivity contribution in [2.24, 2.45) is 0 Å². The van der Waals surface area contributed by atoms with Gasteiger partial charge in [0.15, 0.2) is 0 Å². The third-order valence-electron chi connectivity index (χ3n) is 9.13. The number of benzene rings is 2. The van der Waals surface area contributed by atoms with Gasteiger partial charge >= 0.3 is 0 Å². The van der Waals surface area contributed by atoms with E-state index >= 15 is 0 Å². The van der Waals surface area contributed by atoms with E-state index in [2.05, 4.69) is 67.3 Å². The molecular formula is C35H40O7. The molecular weight excluding hydrogens is 532 g/mol. The molecule has 0 radical (unpaired) electrons. The zero-order chi connectivity index (χ0) is 28.5. The van der Waals surface area contributed by atoms with E-state index in [1.54, 1.807) is 12.2 Å². The summed E-state index contributed by atoms with van der Waals surface area (Å²) in [5.74, 6) is 0. The van der Waals surface area contributed by atoms with Crippen LogP contribution in [0.4, 0.5) is 0 Å². The second-order valence-corrected chi connectivity index (χ2v) is 11.8. The van der Waals surface area contributed by atoms with Crippen LogP contribution in [0.1, 0.15) is 31.2 Å². The van der Waals surface area contributed by atoms with Gasteiger partial charge in [-0.25, -0.2) is 0 Å². The minimum Gasteiger partial charge on any atom is -0.386 e. The molecule has 7 heteroatoms. The van der Waals surface area contributed by atoms with Crippen molar-refractivity contribution in [3.05, 3.63) is 97.1 Å². The van der Waals surface area contributed by atoms with E-state index < -0.39 is 6.10 Å². The van der Waals surface area contributed by atoms with E-state index in [4.69, 9.17) is 28.4 Å². The monoisotopic (exact) mass is 572 g/mol. The first-order valence-corrected chi connectivity index (χ1v) is 15.3. The Morgan fingerprint density at radius 1 is 0.810 bits per heavy atom. The van der Waals surface area contributed by atoms with Gasteiger partial charge in [-0.15, -0.1) is 6.58 Å². The van der Waals surface area contributed by atoms with Gasteiger partial charge in [-0.2, -0.15) is 0 Å². The molecule has 2 aromatic rings. The standard InChI is InChI=1S/C35H40O7/c1-2-9-26-25(36)14-8-16-27-28(39-26)17-18-29-31(40-27)20-32-34(42-29)35(33-30(41-32)15-5-6-19-37-33)38-21-23-12-7-11-22-10-3-4-13-24(22)23/h2-8,10-14,17-18,25-36H,1,9,15-16,19-21H2/b14-8-/t25-,26+,27+,28-,29+,30-,31-,32+,33-,34+,35+/m0/s1. The Balaban J connectivity index is 1.14. The zero-order valence-electron chi connectivity index (χ0n) is 23.8. The molecule has 5 heterocycles. The van der Waals surface area contributed by atoms with Crippen LogP contribution in [0.15, 0.2) is 91.6 Å². The summed E-state index contributed by atoms with van der Waals surface area (Å²) < 4.78 is 39.7. The molecule has 42 heavy (non-hydrogen) atoms. The Labute approximate surface area is 247 Å². The largest absolute Gasteiger partial charge is 0.386 e. The highest BCUT2D eigenvalue weighted by atomic mass is 16.6. The van der Waals surface area contributed by atoms with Crippen molar-refractivity contribution in [2.45, 2.75) is 99.4 Å². The van der Waals surface area contributed by atoms with E-state index in [1.807, 2.05) is 12.2 Å². The van der Waals surface area contributed by atoms with Crippen LogP contribution in [-0.2, 0) is 35.0 Å². The molecule has 0 saturated carbocycles. The van der Waals surface area contributed by atoms with Crippen molar-refractivity contribution in [1.82, 2.24) is 0 Å². The van der Waals surface area contributed by atoms with E-state index in [9.17, 15) is 5.11 Å². The summed E-state index contributed by atoms with van der Waals surface area (Å²) in [6.45, 7) is 4.81. The topological polar surface area (TPSA) is 75.6 Å². The number of rotatable bonds is 5. The van der Waals surface area contributed by atoms with E-state index in [1.165, 1.54) is 10.8 Å². The normalized spacial score (nSPS) is 40.3.